The van der Waals surface area contributed by atoms with E-state index >= 15 is 0 Å². The highest BCUT2D eigenvalue weighted by molar-refractivity contribution is 6.33. The number of halogens is 1. The summed E-state index contributed by atoms with van der Waals surface area (Å²) in [6, 6.07) is 12.7. The number of hydrogen-bond donors (Lipinski definition) is 0. The fraction of sp³-hybridized carbons (Fsp3) is 0.200. The number of nitrogens with zero attached hydrogens (tertiary/aromatic N) is 3. The summed E-state index contributed by atoms with van der Waals surface area (Å²) >= 11 is 6.29. The molecular formula is C20H16ClN3O4. The van der Waals surface area contributed by atoms with E-state index in [1.165, 1.54) is 0 Å². The second-order valence-corrected chi connectivity index (χ2v) is 6.49. The van der Waals surface area contributed by atoms with Crippen molar-refractivity contribution in [1.82, 2.24) is 0 Å². The summed E-state index contributed by atoms with van der Waals surface area (Å²) in [5.74, 6) is -0.873. The molecule has 28 heavy (non-hydrogen) atoms. The summed E-state index contributed by atoms with van der Waals surface area (Å²) in [5, 5.41) is 10.3. The van der Waals surface area contributed by atoms with Gasteiger partial charge in [-0.2, -0.15) is 0 Å². The standard InChI is InChI=1S/C20H16ClN3O4/c1-28-18-8-3-2-5-13(18)12-9-10-17(16(21)11-12)22-23-19(25)14-6-4-7-15(14)20(26)24-27/h2-3,5,8-11H,4,6-7H2,1H3. The van der Waals surface area contributed by atoms with E-state index in [9.17, 15) is 14.5 Å². The van der Waals surface area contributed by atoms with Gasteiger partial charge in [-0.15, -0.1) is 15.1 Å². The van der Waals surface area contributed by atoms with Gasteiger partial charge in [0.15, 0.2) is 0 Å². The number of carbonyl (C=O) groups excluding carboxylic acids is 2. The molecule has 0 unspecified atom stereocenters. The number of benzene rings is 2. The molecule has 0 spiro atoms. The van der Waals surface area contributed by atoms with Gasteiger partial charge in [-0.3, -0.25) is 9.59 Å². The lowest BCUT2D eigenvalue weighted by Gasteiger charge is -2.09. The largest absolute Gasteiger partial charge is 0.496 e. The van der Waals surface area contributed by atoms with E-state index in [0.29, 0.717) is 35.7 Å². The van der Waals surface area contributed by atoms with Crippen LogP contribution in [-0.2, 0) is 9.59 Å². The highest BCUT2D eigenvalue weighted by atomic mass is 35.5. The third-order valence-electron chi connectivity index (χ3n) is 4.43. The van der Waals surface area contributed by atoms with E-state index < -0.39 is 11.8 Å². The zero-order chi connectivity index (χ0) is 20.1. The van der Waals surface area contributed by atoms with Crippen LogP contribution in [0.3, 0.4) is 0 Å². The van der Waals surface area contributed by atoms with Crippen molar-refractivity contribution in [3.8, 4) is 16.9 Å². The van der Waals surface area contributed by atoms with Gasteiger partial charge in [-0.25, -0.2) is 0 Å². The summed E-state index contributed by atoms with van der Waals surface area (Å²) in [5.41, 5.74) is 2.32. The molecule has 7 nitrogen and oxygen atoms in total. The number of nitroso groups, excluding NO2 is 1. The van der Waals surface area contributed by atoms with Crippen LogP contribution < -0.4 is 4.74 Å². The third kappa shape index (κ3) is 4.04. The number of para-hydroxylation sites is 1. The Balaban J connectivity index is 1.84. The van der Waals surface area contributed by atoms with E-state index in [2.05, 4.69) is 15.4 Å². The van der Waals surface area contributed by atoms with E-state index in [1.54, 1.807) is 25.3 Å². The van der Waals surface area contributed by atoms with Crippen LogP contribution in [0.5, 0.6) is 5.75 Å². The maximum absolute atomic E-state index is 12.3. The van der Waals surface area contributed by atoms with Crippen LogP contribution >= 0.6 is 11.6 Å². The molecule has 8 heteroatoms. The summed E-state index contributed by atoms with van der Waals surface area (Å²) in [7, 11) is 1.59. The Kier molecular flexibility index (Phi) is 6.06. The Morgan fingerprint density at radius 2 is 1.75 bits per heavy atom. The SMILES string of the molecule is COc1ccccc1-c1ccc(N=NC(=O)C2=C(C(=O)N=O)CCC2)c(Cl)c1. The van der Waals surface area contributed by atoms with Crippen molar-refractivity contribution in [1.29, 1.82) is 0 Å². The van der Waals surface area contributed by atoms with Gasteiger partial charge in [0.05, 0.1) is 12.1 Å². The first-order valence-electron chi connectivity index (χ1n) is 8.54. The third-order valence-corrected chi connectivity index (χ3v) is 4.73. The number of ether oxygens (including phenoxy) is 1. The van der Waals surface area contributed by atoms with Crippen molar-refractivity contribution in [2.75, 3.05) is 7.11 Å². The Morgan fingerprint density at radius 3 is 2.43 bits per heavy atom. The molecule has 0 saturated carbocycles. The molecule has 0 atom stereocenters. The molecule has 2 amide bonds. The highest BCUT2D eigenvalue weighted by Crippen LogP contribution is 2.35. The fourth-order valence-electron chi connectivity index (χ4n) is 3.07. The van der Waals surface area contributed by atoms with E-state index in [1.807, 2.05) is 24.3 Å². The second-order valence-electron chi connectivity index (χ2n) is 6.08. The van der Waals surface area contributed by atoms with E-state index in [-0.39, 0.29) is 11.1 Å². The first-order valence-corrected chi connectivity index (χ1v) is 8.91. The van der Waals surface area contributed by atoms with Crippen LogP contribution in [0.1, 0.15) is 19.3 Å². The van der Waals surface area contributed by atoms with Crippen LogP contribution in [0.2, 0.25) is 5.02 Å². The minimum absolute atomic E-state index is 0.122. The first-order chi connectivity index (χ1) is 13.5. The van der Waals surface area contributed by atoms with Gasteiger partial charge in [0.25, 0.3) is 5.91 Å². The number of azo groups is 1. The van der Waals surface area contributed by atoms with Crippen LogP contribution in [0, 0.1) is 4.91 Å². The minimum atomic E-state index is -0.921. The van der Waals surface area contributed by atoms with Crippen LogP contribution in [0.15, 0.2) is 69.0 Å². The Morgan fingerprint density at radius 1 is 1.04 bits per heavy atom. The Hall–Kier alpha value is -3.19. The number of amides is 2. The molecule has 0 aliphatic heterocycles. The molecule has 3 rings (SSSR count). The molecule has 0 aromatic heterocycles. The fourth-order valence-corrected chi connectivity index (χ4v) is 3.29. The minimum Gasteiger partial charge on any atom is -0.496 e. The maximum Gasteiger partial charge on any atom is 0.313 e. The molecular weight excluding hydrogens is 382 g/mol. The average molecular weight is 398 g/mol. The Bertz CT molecular complexity index is 1010. The van der Waals surface area contributed by atoms with Gasteiger partial charge in [0.1, 0.15) is 11.4 Å². The van der Waals surface area contributed by atoms with Crippen LogP contribution in [0.25, 0.3) is 11.1 Å². The summed E-state index contributed by atoms with van der Waals surface area (Å²) < 4.78 is 5.35. The highest BCUT2D eigenvalue weighted by Gasteiger charge is 2.26. The van der Waals surface area contributed by atoms with Crippen molar-refractivity contribution >= 4 is 29.1 Å². The molecule has 1 aliphatic carbocycles. The van der Waals surface area contributed by atoms with Crippen molar-refractivity contribution in [2.24, 2.45) is 15.4 Å². The number of carbonyl (C=O) groups is 2. The van der Waals surface area contributed by atoms with Gasteiger partial charge >= 0.3 is 5.91 Å². The molecule has 0 N–H and O–H groups in total. The molecule has 142 valence electrons. The van der Waals surface area contributed by atoms with E-state index in [0.717, 1.165) is 11.1 Å². The monoisotopic (exact) mass is 397 g/mol. The van der Waals surface area contributed by atoms with Gasteiger partial charge in [-0.05, 0) is 43.0 Å². The molecule has 2 aromatic rings. The normalized spacial score (nSPS) is 13.8. The molecule has 0 saturated heterocycles. The first kappa shape index (κ1) is 19.6. The van der Waals surface area contributed by atoms with Crippen molar-refractivity contribution < 1.29 is 14.3 Å². The lowest BCUT2D eigenvalue weighted by Crippen LogP contribution is -2.03. The van der Waals surface area contributed by atoms with E-state index in [4.69, 9.17) is 16.3 Å². The van der Waals surface area contributed by atoms with Gasteiger partial charge < -0.3 is 4.74 Å². The lowest BCUT2D eigenvalue weighted by atomic mass is 10.0. The van der Waals surface area contributed by atoms with Crippen molar-refractivity contribution in [3.05, 3.63) is 63.5 Å². The summed E-state index contributed by atoms with van der Waals surface area (Å²) in [4.78, 5) is 34.2. The average Bonchev–Trinajstić information content (AvgIpc) is 3.22. The predicted octanol–water partition coefficient (Wildman–Crippen LogP) is 5.40. The lowest BCUT2D eigenvalue weighted by molar-refractivity contribution is -0.117. The van der Waals surface area contributed by atoms with Gasteiger partial charge in [-0.1, -0.05) is 35.9 Å². The second kappa shape index (κ2) is 8.67. The summed E-state index contributed by atoms with van der Waals surface area (Å²) in [6.45, 7) is 0. The smallest absolute Gasteiger partial charge is 0.313 e. The zero-order valence-corrected chi connectivity index (χ0v) is 15.8. The topological polar surface area (TPSA) is 97.5 Å². The number of methoxy groups -OCH3 is 1. The molecule has 0 fully saturated rings. The number of rotatable bonds is 5. The molecule has 1 aliphatic rings. The maximum atomic E-state index is 12.3. The number of hydrogen-bond acceptors (Lipinski definition) is 5. The molecule has 0 heterocycles. The summed E-state index contributed by atoms with van der Waals surface area (Å²) in [6.07, 6.45) is 1.31. The predicted molar refractivity (Wildman–Crippen MR) is 105 cm³/mol. The van der Waals surface area contributed by atoms with Gasteiger partial charge in [0, 0.05) is 21.9 Å². The quantitative estimate of drug-likeness (QED) is 0.498. The Labute approximate surface area is 166 Å². The van der Waals surface area contributed by atoms with Crippen molar-refractivity contribution in [2.45, 2.75) is 19.3 Å². The molecule has 0 bridgehead atoms. The van der Waals surface area contributed by atoms with Crippen LogP contribution in [-0.4, -0.2) is 18.9 Å². The zero-order valence-electron chi connectivity index (χ0n) is 15.0. The molecule has 2 aromatic carbocycles. The van der Waals surface area contributed by atoms with Gasteiger partial charge in [0.2, 0.25) is 0 Å². The van der Waals surface area contributed by atoms with Crippen molar-refractivity contribution in [3.63, 3.8) is 0 Å². The molecule has 0 radical (unpaired) electrons. The van der Waals surface area contributed by atoms with Crippen LogP contribution in [0.4, 0.5) is 5.69 Å².